The number of methoxy groups -OCH3 is 1. The van der Waals surface area contributed by atoms with Crippen molar-refractivity contribution in [1.29, 1.82) is 0 Å². The predicted octanol–water partition coefficient (Wildman–Crippen LogP) is 4.87. The SMILES string of the molecule is COC(=O)c1ccc2c(c1)N(C[C@@H]1CC[C@H]1[C@@H]1C[C@@H](OC[C@@H](C)S(N)(=O)=O)CCO1)C[C@@]1(CCCc3cc(Cl)ccc31)CO2. The summed E-state index contributed by atoms with van der Waals surface area (Å²) < 4.78 is 47.3. The van der Waals surface area contributed by atoms with E-state index in [0.29, 0.717) is 30.6 Å². The van der Waals surface area contributed by atoms with Gasteiger partial charge in [0.05, 0.1) is 49.0 Å². The molecule has 0 unspecified atom stereocenters. The maximum Gasteiger partial charge on any atom is 0.337 e. The number of aryl methyl sites for hydroxylation is 1. The molecule has 2 aliphatic carbocycles. The predicted molar refractivity (Wildman–Crippen MR) is 169 cm³/mol. The lowest BCUT2D eigenvalue weighted by molar-refractivity contribution is -0.116. The quantitative estimate of drug-likeness (QED) is 0.404. The summed E-state index contributed by atoms with van der Waals surface area (Å²) in [6.07, 6.45) is 6.69. The number of ether oxygens (including phenoxy) is 4. The van der Waals surface area contributed by atoms with Gasteiger partial charge in [0.1, 0.15) is 5.75 Å². The second kappa shape index (κ2) is 12.8. The van der Waals surface area contributed by atoms with E-state index in [1.165, 1.54) is 18.2 Å². The maximum absolute atomic E-state index is 12.5. The van der Waals surface area contributed by atoms with Gasteiger partial charge in [-0.25, -0.2) is 18.4 Å². The van der Waals surface area contributed by atoms with Gasteiger partial charge in [0, 0.05) is 36.6 Å². The Morgan fingerprint density at radius 3 is 2.80 bits per heavy atom. The van der Waals surface area contributed by atoms with E-state index < -0.39 is 15.3 Å². The molecule has 2 aromatic carbocycles. The summed E-state index contributed by atoms with van der Waals surface area (Å²) in [6, 6.07) is 11.8. The van der Waals surface area contributed by atoms with Crippen LogP contribution in [-0.4, -0.2) is 71.9 Å². The average molecular weight is 647 g/mol. The lowest BCUT2D eigenvalue weighted by Gasteiger charge is -2.47. The minimum absolute atomic E-state index is 0.0490. The molecule has 2 aliphatic heterocycles. The minimum Gasteiger partial charge on any atom is -0.490 e. The van der Waals surface area contributed by atoms with E-state index in [1.807, 2.05) is 18.2 Å². The van der Waals surface area contributed by atoms with Crippen molar-refractivity contribution in [3.05, 3.63) is 58.1 Å². The Labute approximate surface area is 265 Å². The highest BCUT2D eigenvalue weighted by Gasteiger charge is 2.45. The summed E-state index contributed by atoms with van der Waals surface area (Å²) in [4.78, 5) is 15.0. The zero-order chi connectivity index (χ0) is 31.1. The number of carbonyl (C=O) groups excluding carboxylic acids is 1. The van der Waals surface area contributed by atoms with Gasteiger partial charge in [0.15, 0.2) is 0 Å². The van der Waals surface area contributed by atoms with Crippen LogP contribution in [0.2, 0.25) is 5.02 Å². The molecule has 0 amide bonds. The number of rotatable bonds is 8. The number of sulfonamides is 1. The molecule has 0 bridgehead atoms. The number of hydrogen-bond acceptors (Lipinski definition) is 8. The lowest BCUT2D eigenvalue weighted by Crippen LogP contribution is -2.51. The van der Waals surface area contributed by atoms with Gasteiger partial charge in [-0.05, 0) is 98.7 Å². The topological polar surface area (TPSA) is 117 Å². The zero-order valence-corrected chi connectivity index (χ0v) is 27.1. The van der Waals surface area contributed by atoms with Gasteiger partial charge in [-0.1, -0.05) is 17.7 Å². The van der Waals surface area contributed by atoms with Crippen molar-refractivity contribution in [2.75, 3.05) is 44.9 Å². The van der Waals surface area contributed by atoms with Gasteiger partial charge in [-0.3, -0.25) is 0 Å². The van der Waals surface area contributed by atoms with Crippen molar-refractivity contribution >= 4 is 33.3 Å². The third-order valence-electron chi connectivity index (χ3n) is 10.3. The lowest BCUT2D eigenvalue weighted by atomic mass is 9.67. The van der Waals surface area contributed by atoms with Crippen molar-refractivity contribution in [2.45, 2.75) is 74.7 Å². The van der Waals surface area contributed by atoms with Crippen LogP contribution in [0.1, 0.15) is 66.9 Å². The highest BCUT2D eigenvalue weighted by molar-refractivity contribution is 7.89. The molecule has 1 spiro atoms. The molecule has 2 aromatic rings. The number of anilines is 1. The van der Waals surface area contributed by atoms with Crippen LogP contribution in [0, 0.1) is 11.8 Å². The monoisotopic (exact) mass is 646 g/mol. The summed E-state index contributed by atoms with van der Waals surface area (Å²) in [7, 11) is -2.23. The van der Waals surface area contributed by atoms with Gasteiger partial charge >= 0.3 is 5.97 Å². The smallest absolute Gasteiger partial charge is 0.337 e. The van der Waals surface area contributed by atoms with Crippen LogP contribution in [0.15, 0.2) is 36.4 Å². The molecule has 44 heavy (non-hydrogen) atoms. The first-order valence-electron chi connectivity index (χ1n) is 15.7. The van der Waals surface area contributed by atoms with Gasteiger partial charge in [-0.2, -0.15) is 0 Å². The molecule has 1 saturated heterocycles. The molecule has 240 valence electrons. The molecule has 6 atom stereocenters. The van der Waals surface area contributed by atoms with E-state index in [1.54, 1.807) is 13.0 Å². The Morgan fingerprint density at radius 2 is 2.05 bits per heavy atom. The molecular weight excluding hydrogens is 604 g/mol. The largest absolute Gasteiger partial charge is 0.490 e. The fourth-order valence-electron chi connectivity index (χ4n) is 7.56. The highest BCUT2D eigenvalue weighted by Crippen LogP contribution is 2.47. The molecule has 11 heteroatoms. The number of hydrogen-bond donors (Lipinski definition) is 1. The fourth-order valence-corrected chi connectivity index (χ4v) is 8.03. The van der Waals surface area contributed by atoms with Gasteiger partial charge in [0.25, 0.3) is 0 Å². The number of halogens is 1. The van der Waals surface area contributed by atoms with Crippen molar-refractivity contribution in [3.63, 3.8) is 0 Å². The van der Waals surface area contributed by atoms with E-state index in [2.05, 4.69) is 17.0 Å². The number of benzene rings is 2. The number of nitrogens with zero attached hydrogens (tertiary/aromatic N) is 1. The molecule has 0 radical (unpaired) electrons. The summed E-state index contributed by atoms with van der Waals surface area (Å²) in [5.41, 5.74) is 3.80. The Balaban J connectivity index is 1.24. The molecule has 2 N–H and O–H groups in total. The third-order valence-corrected chi connectivity index (χ3v) is 11.8. The summed E-state index contributed by atoms with van der Waals surface area (Å²) in [5.74, 6) is 1.16. The van der Waals surface area contributed by atoms with Gasteiger partial charge < -0.3 is 23.8 Å². The molecule has 0 aromatic heterocycles. The second-order valence-electron chi connectivity index (χ2n) is 13.1. The average Bonchev–Trinajstić information content (AvgIpc) is 3.14. The first-order chi connectivity index (χ1) is 21.1. The molecular formula is C33H43ClN2O7S. The first kappa shape index (κ1) is 31.6. The second-order valence-corrected chi connectivity index (χ2v) is 15.5. The van der Waals surface area contributed by atoms with Crippen LogP contribution in [0.5, 0.6) is 5.75 Å². The van der Waals surface area contributed by atoms with Crippen LogP contribution >= 0.6 is 11.6 Å². The zero-order valence-electron chi connectivity index (χ0n) is 25.5. The highest BCUT2D eigenvalue weighted by atomic mass is 35.5. The molecule has 6 rings (SSSR count). The minimum atomic E-state index is -3.63. The Bertz CT molecular complexity index is 1490. The Hall–Kier alpha value is -2.37. The number of primary sulfonamides is 1. The standard InChI is InChI=1S/C33H43ClN2O7S/c1-21(44(35,38)39)18-42-26-11-13-41-31(16-26)27-8-5-24(27)17-36-19-33(12-3-4-22-14-25(34)7-9-28(22)33)20-43-30-10-6-23(15-29(30)36)32(37)40-2/h6-7,9-10,14-15,21,24,26-27,31H,3-5,8,11-13,16-20H2,1-2H3,(H2,35,38,39)/t21-,24+,26+,27-,31+,33+/m1/s1. The summed E-state index contributed by atoms with van der Waals surface area (Å²) >= 11 is 6.41. The van der Waals surface area contributed by atoms with Crippen LogP contribution in [-0.2, 0) is 36.1 Å². The fraction of sp³-hybridized carbons (Fsp3) is 0.606. The van der Waals surface area contributed by atoms with Crippen molar-refractivity contribution < 1.29 is 32.2 Å². The van der Waals surface area contributed by atoms with Crippen molar-refractivity contribution in [1.82, 2.24) is 0 Å². The first-order valence-corrected chi connectivity index (χ1v) is 17.7. The number of carbonyl (C=O) groups is 1. The van der Waals surface area contributed by atoms with E-state index >= 15 is 0 Å². The number of fused-ring (bicyclic) bond motifs is 3. The Morgan fingerprint density at radius 1 is 1.20 bits per heavy atom. The van der Waals surface area contributed by atoms with E-state index in [9.17, 15) is 13.2 Å². The van der Waals surface area contributed by atoms with Crippen LogP contribution < -0.4 is 14.8 Å². The van der Waals surface area contributed by atoms with Crippen molar-refractivity contribution in [2.24, 2.45) is 17.0 Å². The van der Waals surface area contributed by atoms with Crippen molar-refractivity contribution in [3.8, 4) is 5.75 Å². The normalized spacial score (nSPS) is 29.0. The summed E-state index contributed by atoms with van der Waals surface area (Å²) in [6.45, 7) is 4.39. The van der Waals surface area contributed by atoms with E-state index in [0.717, 1.165) is 74.5 Å². The van der Waals surface area contributed by atoms with E-state index in [4.69, 9.17) is 35.7 Å². The number of nitrogens with two attached hydrogens (primary N) is 1. The van der Waals surface area contributed by atoms with Crippen LogP contribution in [0.25, 0.3) is 0 Å². The molecule has 9 nitrogen and oxygen atoms in total. The summed E-state index contributed by atoms with van der Waals surface area (Å²) in [5, 5.41) is 5.31. The molecule has 4 aliphatic rings. The van der Waals surface area contributed by atoms with Crippen LogP contribution in [0.4, 0.5) is 5.69 Å². The third kappa shape index (κ3) is 6.47. The van der Waals surface area contributed by atoms with Crippen LogP contribution in [0.3, 0.4) is 0 Å². The van der Waals surface area contributed by atoms with Gasteiger partial charge in [0.2, 0.25) is 10.0 Å². The molecule has 2 fully saturated rings. The molecule has 2 heterocycles. The van der Waals surface area contributed by atoms with E-state index in [-0.39, 0.29) is 30.2 Å². The molecule has 1 saturated carbocycles. The van der Waals surface area contributed by atoms with Gasteiger partial charge in [-0.15, -0.1) is 0 Å². The maximum atomic E-state index is 12.5. The Kier molecular flexibility index (Phi) is 9.19. The number of esters is 1.